The molecule has 0 atom stereocenters. The highest BCUT2D eigenvalue weighted by molar-refractivity contribution is 7.92. The number of Topliss-reactive ketones (excluding diaryl/α,β-unsaturated/α-hetero) is 1. The third kappa shape index (κ3) is 3.36. The van der Waals surface area contributed by atoms with Crippen molar-refractivity contribution in [2.45, 2.75) is 4.90 Å². The monoisotopic (exact) mass is 334 g/mol. The molecular formula is C12H8Cl2O3S2. The maximum absolute atomic E-state index is 12.0. The lowest BCUT2D eigenvalue weighted by molar-refractivity contribution is 0.102. The van der Waals surface area contributed by atoms with E-state index in [-0.39, 0.29) is 14.8 Å². The topological polar surface area (TPSA) is 51.2 Å². The molecule has 0 radical (unpaired) electrons. The minimum atomic E-state index is -3.66. The quantitative estimate of drug-likeness (QED) is 0.801. The number of benzene rings is 1. The molecule has 0 spiro atoms. The summed E-state index contributed by atoms with van der Waals surface area (Å²) < 4.78 is 24.6. The van der Waals surface area contributed by atoms with Crippen LogP contribution in [0.1, 0.15) is 10.4 Å². The van der Waals surface area contributed by atoms with Crippen LogP contribution in [-0.4, -0.2) is 20.0 Å². The van der Waals surface area contributed by atoms with Gasteiger partial charge in [0.25, 0.3) is 0 Å². The van der Waals surface area contributed by atoms with Crippen LogP contribution in [0.5, 0.6) is 0 Å². The molecule has 0 amide bonds. The smallest absolute Gasteiger partial charge is 0.185 e. The van der Waals surface area contributed by atoms with Gasteiger partial charge in [0.2, 0.25) is 0 Å². The van der Waals surface area contributed by atoms with Crippen LogP contribution in [0.15, 0.2) is 41.3 Å². The number of hydrogen-bond donors (Lipinski definition) is 0. The maximum atomic E-state index is 12.0. The highest BCUT2D eigenvalue weighted by atomic mass is 35.5. The minimum Gasteiger partial charge on any atom is -0.293 e. The Bertz CT molecular complexity index is 706. The zero-order valence-corrected chi connectivity index (χ0v) is 12.6. The van der Waals surface area contributed by atoms with Gasteiger partial charge < -0.3 is 0 Å². The predicted molar refractivity (Wildman–Crippen MR) is 77.2 cm³/mol. The molecule has 7 heteroatoms. The summed E-state index contributed by atoms with van der Waals surface area (Å²) in [6.45, 7) is 0. The first-order chi connectivity index (χ1) is 8.90. The van der Waals surface area contributed by atoms with Gasteiger partial charge in [0.1, 0.15) is 10.1 Å². The van der Waals surface area contributed by atoms with Crippen molar-refractivity contribution in [2.75, 3.05) is 5.75 Å². The van der Waals surface area contributed by atoms with Crippen LogP contribution in [0.4, 0.5) is 0 Å². The van der Waals surface area contributed by atoms with Crippen molar-refractivity contribution in [2.24, 2.45) is 0 Å². The molecule has 2 rings (SSSR count). The number of sulfone groups is 1. The molecule has 0 saturated heterocycles. The predicted octanol–water partition coefficient (Wildman–Crippen LogP) is 3.71. The van der Waals surface area contributed by atoms with Crippen molar-refractivity contribution in [1.82, 2.24) is 0 Å². The van der Waals surface area contributed by atoms with E-state index in [1.165, 1.54) is 18.2 Å². The molecule has 0 fully saturated rings. The lowest BCUT2D eigenvalue weighted by atomic mass is 10.2. The summed E-state index contributed by atoms with van der Waals surface area (Å²) in [7, 11) is -3.66. The first-order valence-electron chi connectivity index (χ1n) is 5.16. The fraction of sp³-hybridized carbons (Fsp3) is 0.0833. The average molecular weight is 335 g/mol. The first kappa shape index (κ1) is 14.5. The Balaban J connectivity index is 2.27. The minimum absolute atomic E-state index is 0.112. The molecule has 19 heavy (non-hydrogen) atoms. The van der Waals surface area contributed by atoms with Gasteiger partial charge in [-0.1, -0.05) is 41.4 Å². The summed E-state index contributed by atoms with van der Waals surface area (Å²) in [4.78, 5) is 12.1. The van der Waals surface area contributed by atoms with Crippen molar-refractivity contribution in [3.63, 3.8) is 0 Å². The first-order valence-corrected chi connectivity index (χ1v) is 8.38. The number of ketones is 1. The SMILES string of the molecule is O=C(CS(=O)(=O)c1ccccc1)c1cc(Cl)sc1Cl. The molecule has 0 unspecified atom stereocenters. The highest BCUT2D eigenvalue weighted by Gasteiger charge is 2.23. The van der Waals surface area contributed by atoms with Gasteiger partial charge in [-0.15, -0.1) is 11.3 Å². The largest absolute Gasteiger partial charge is 0.293 e. The van der Waals surface area contributed by atoms with Gasteiger partial charge in [-0.05, 0) is 18.2 Å². The second-order valence-corrected chi connectivity index (χ2v) is 8.01. The fourth-order valence-corrected chi connectivity index (χ4v) is 4.23. The molecule has 1 aromatic carbocycles. The Hall–Kier alpha value is -0.880. The number of carbonyl (C=O) groups is 1. The number of halogens is 2. The van der Waals surface area contributed by atoms with Gasteiger partial charge in [-0.2, -0.15) is 0 Å². The van der Waals surface area contributed by atoms with E-state index >= 15 is 0 Å². The highest BCUT2D eigenvalue weighted by Crippen LogP contribution is 2.31. The molecule has 0 saturated carbocycles. The third-order valence-electron chi connectivity index (χ3n) is 2.38. The second kappa shape index (κ2) is 5.63. The van der Waals surface area contributed by atoms with Crippen LogP contribution in [0.3, 0.4) is 0 Å². The zero-order chi connectivity index (χ0) is 14.0. The normalized spacial score (nSPS) is 11.5. The lowest BCUT2D eigenvalue weighted by Crippen LogP contribution is -2.16. The Morgan fingerprint density at radius 1 is 1.16 bits per heavy atom. The summed E-state index contributed by atoms with van der Waals surface area (Å²) in [6.07, 6.45) is 0. The number of rotatable bonds is 4. The van der Waals surface area contributed by atoms with E-state index in [9.17, 15) is 13.2 Å². The summed E-state index contributed by atoms with van der Waals surface area (Å²) >= 11 is 12.6. The van der Waals surface area contributed by atoms with E-state index in [0.29, 0.717) is 4.34 Å². The van der Waals surface area contributed by atoms with E-state index in [1.807, 2.05) is 0 Å². The average Bonchev–Trinajstić information content (AvgIpc) is 2.69. The summed E-state index contributed by atoms with van der Waals surface area (Å²) in [5.41, 5.74) is 0.149. The molecule has 1 heterocycles. The van der Waals surface area contributed by atoms with Crippen LogP contribution >= 0.6 is 34.5 Å². The second-order valence-electron chi connectivity index (χ2n) is 3.73. The molecule has 0 aliphatic carbocycles. The molecule has 100 valence electrons. The van der Waals surface area contributed by atoms with Crippen molar-refractivity contribution < 1.29 is 13.2 Å². The molecule has 3 nitrogen and oxygen atoms in total. The van der Waals surface area contributed by atoms with Gasteiger partial charge in [-0.3, -0.25) is 4.79 Å². The van der Waals surface area contributed by atoms with E-state index in [1.54, 1.807) is 18.2 Å². The Kier molecular flexibility index (Phi) is 4.30. The van der Waals surface area contributed by atoms with Gasteiger partial charge in [0.15, 0.2) is 15.6 Å². The summed E-state index contributed by atoms with van der Waals surface area (Å²) in [5, 5.41) is 0. The van der Waals surface area contributed by atoms with E-state index in [2.05, 4.69) is 0 Å². The van der Waals surface area contributed by atoms with E-state index < -0.39 is 21.4 Å². The zero-order valence-electron chi connectivity index (χ0n) is 9.47. The van der Waals surface area contributed by atoms with Crippen LogP contribution in [-0.2, 0) is 9.84 Å². The van der Waals surface area contributed by atoms with Crippen molar-refractivity contribution in [3.8, 4) is 0 Å². The lowest BCUT2D eigenvalue weighted by Gasteiger charge is -2.03. The van der Waals surface area contributed by atoms with Gasteiger partial charge in [0.05, 0.1) is 9.23 Å². The molecule has 1 aromatic heterocycles. The number of hydrogen-bond acceptors (Lipinski definition) is 4. The van der Waals surface area contributed by atoms with Gasteiger partial charge >= 0.3 is 0 Å². The molecule has 2 aromatic rings. The van der Waals surface area contributed by atoms with Crippen LogP contribution in [0.2, 0.25) is 8.67 Å². The Morgan fingerprint density at radius 2 is 1.79 bits per heavy atom. The Labute approximate surface area is 124 Å². The van der Waals surface area contributed by atoms with Crippen LogP contribution < -0.4 is 0 Å². The summed E-state index contributed by atoms with van der Waals surface area (Å²) in [5.74, 6) is -1.18. The van der Waals surface area contributed by atoms with Crippen molar-refractivity contribution in [3.05, 3.63) is 50.6 Å². The summed E-state index contributed by atoms with van der Waals surface area (Å²) in [6, 6.07) is 9.20. The maximum Gasteiger partial charge on any atom is 0.185 e. The number of carbonyl (C=O) groups excluding carboxylic acids is 1. The molecule has 0 aliphatic rings. The molecule has 0 bridgehead atoms. The van der Waals surface area contributed by atoms with Crippen LogP contribution in [0, 0.1) is 0 Å². The molecule has 0 aliphatic heterocycles. The number of thiophene rings is 1. The Morgan fingerprint density at radius 3 is 2.32 bits per heavy atom. The van der Waals surface area contributed by atoms with E-state index in [4.69, 9.17) is 23.2 Å². The molecular weight excluding hydrogens is 327 g/mol. The van der Waals surface area contributed by atoms with Gasteiger partial charge in [0, 0.05) is 5.56 Å². The van der Waals surface area contributed by atoms with Gasteiger partial charge in [-0.25, -0.2) is 8.42 Å². The van der Waals surface area contributed by atoms with E-state index in [0.717, 1.165) is 11.3 Å². The van der Waals surface area contributed by atoms with Crippen LogP contribution in [0.25, 0.3) is 0 Å². The standard InChI is InChI=1S/C12H8Cl2O3S2/c13-11-6-9(12(14)18-11)10(15)7-19(16,17)8-4-2-1-3-5-8/h1-6H,7H2. The third-order valence-corrected chi connectivity index (χ3v) is 5.50. The fourth-order valence-electron chi connectivity index (χ4n) is 1.49. The van der Waals surface area contributed by atoms with Crippen molar-refractivity contribution >= 4 is 50.2 Å². The molecule has 0 N–H and O–H groups in total. The van der Waals surface area contributed by atoms with Crippen molar-refractivity contribution in [1.29, 1.82) is 0 Å².